The average molecular weight is 258 g/mol. The molecule has 1 N–H and O–H groups in total. The lowest BCUT2D eigenvalue weighted by atomic mass is 10.1. The van der Waals surface area contributed by atoms with Gasteiger partial charge in [-0.3, -0.25) is 4.40 Å². The molecular formula is C11H16ClN3S. The van der Waals surface area contributed by atoms with Gasteiger partial charge in [0.25, 0.3) is 0 Å². The second-order valence-electron chi connectivity index (χ2n) is 4.22. The molecule has 0 bridgehead atoms. The van der Waals surface area contributed by atoms with Crippen molar-refractivity contribution in [3.05, 3.63) is 23.5 Å². The van der Waals surface area contributed by atoms with Crippen molar-refractivity contribution < 1.29 is 0 Å². The van der Waals surface area contributed by atoms with Gasteiger partial charge in [0.05, 0.1) is 5.69 Å². The first kappa shape index (κ1) is 11.9. The fourth-order valence-electron chi connectivity index (χ4n) is 1.44. The van der Waals surface area contributed by atoms with E-state index in [4.69, 9.17) is 11.6 Å². The van der Waals surface area contributed by atoms with Gasteiger partial charge in [-0.15, -0.1) is 22.9 Å². The maximum absolute atomic E-state index is 6.15. The summed E-state index contributed by atoms with van der Waals surface area (Å²) in [5, 5.41) is 5.55. The van der Waals surface area contributed by atoms with E-state index in [9.17, 15) is 0 Å². The van der Waals surface area contributed by atoms with Crippen molar-refractivity contribution in [2.24, 2.45) is 5.92 Å². The van der Waals surface area contributed by atoms with E-state index in [1.54, 1.807) is 11.3 Å². The summed E-state index contributed by atoms with van der Waals surface area (Å²) in [6.45, 7) is 5.87. The summed E-state index contributed by atoms with van der Waals surface area (Å²) in [6, 6.07) is 0. The highest BCUT2D eigenvalue weighted by molar-refractivity contribution is 7.15. The number of nitrogens with one attached hydrogen (secondary N) is 1. The predicted molar refractivity (Wildman–Crippen MR) is 69.3 cm³/mol. The Balaban J connectivity index is 1.84. The van der Waals surface area contributed by atoms with Gasteiger partial charge >= 0.3 is 0 Å². The van der Waals surface area contributed by atoms with Crippen molar-refractivity contribution in [1.82, 2.24) is 14.7 Å². The monoisotopic (exact) mass is 257 g/mol. The van der Waals surface area contributed by atoms with Crippen molar-refractivity contribution in [3.8, 4) is 0 Å². The van der Waals surface area contributed by atoms with E-state index in [0.29, 0.717) is 5.92 Å². The predicted octanol–water partition coefficient (Wildman–Crippen LogP) is 2.75. The Bertz CT molecular complexity index is 420. The molecule has 16 heavy (non-hydrogen) atoms. The van der Waals surface area contributed by atoms with Crippen LogP contribution in [0.1, 0.15) is 19.5 Å². The normalized spacial score (nSPS) is 13.8. The number of imidazole rings is 1. The van der Waals surface area contributed by atoms with E-state index in [-0.39, 0.29) is 5.38 Å². The van der Waals surface area contributed by atoms with Crippen molar-refractivity contribution in [2.75, 3.05) is 6.54 Å². The summed E-state index contributed by atoms with van der Waals surface area (Å²) in [5.74, 6) is 0.500. The highest BCUT2D eigenvalue weighted by Crippen LogP contribution is 2.11. The van der Waals surface area contributed by atoms with Crippen LogP contribution in [0.15, 0.2) is 17.8 Å². The van der Waals surface area contributed by atoms with E-state index in [0.717, 1.165) is 23.7 Å². The largest absolute Gasteiger partial charge is 0.310 e. The van der Waals surface area contributed by atoms with Crippen molar-refractivity contribution in [3.63, 3.8) is 0 Å². The molecule has 0 aliphatic carbocycles. The van der Waals surface area contributed by atoms with E-state index in [1.165, 1.54) is 0 Å². The van der Waals surface area contributed by atoms with Crippen LogP contribution in [-0.2, 0) is 6.54 Å². The van der Waals surface area contributed by atoms with E-state index >= 15 is 0 Å². The Morgan fingerprint density at radius 3 is 3.06 bits per heavy atom. The van der Waals surface area contributed by atoms with E-state index < -0.39 is 0 Å². The highest BCUT2D eigenvalue weighted by atomic mass is 35.5. The zero-order valence-corrected chi connectivity index (χ0v) is 11.1. The van der Waals surface area contributed by atoms with Gasteiger partial charge in [0.15, 0.2) is 4.96 Å². The fraction of sp³-hybridized carbons (Fsp3) is 0.545. The van der Waals surface area contributed by atoms with Crippen LogP contribution in [0.3, 0.4) is 0 Å². The molecule has 2 rings (SSSR count). The van der Waals surface area contributed by atoms with Crippen LogP contribution in [0.2, 0.25) is 0 Å². The quantitative estimate of drug-likeness (QED) is 0.835. The molecular weight excluding hydrogens is 242 g/mol. The molecule has 0 aliphatic rings. The van der Waals surface area contributed by atoms with E-state index in [2.05, 4.69) is 30.3 Å². The number of rotatable bonds is 5. The molecule has 1 unspecified atom stereocenters. The molecule has 0 radical (unpaired) electrons. The molecule has 0 saturated carbocycles. The minimum absolute atomic E-state index is 0.184. The van der Waals surface area contributed by atoms with Crippen LogP contribution >= 0.6 is 22.9 Å². The summed E-state index contributed by atoms with van der Waals surface area (Å²) in [4.78, 5) is 5.53. The number of thiazole rings is 1. The third-order valence-corrected chi connectivity index (χ3v) is 3.94. The maximum atomic E-state index is 6.15. The summed E-state index contributed by atoms with van der Waals surface area (Å²) in [7, 11) is 0. The molecule has 2 aromatic heterocycles. The first-order chi connectivity index (χ1) is 7.66. The smallest absolute Gasteiger partial charge is 0.193 e. The van der Waals surface area contributed by atoms with Crippen molar-refractivity contribution >= 4 is 27.9 Å². The van der Waals surface area contributed by atoms with Gasteiger partial charge in [-0.05, 0) is 5.92 Å². The number of aromatic nitrogens is 2. The zero-order valence-electron chi connectivity index (χ0n) is 9.48. The minimum Gasteiger partial charge on any atom is -0.310 e. The number of hydrogen-bond donors (Lipinski definition) is 1. The van der Waals surface area contributed by atoms with Gasteiger partial charge in [0.2, 0.25) is 0 Å². The first-order valence-electron chi connectivity index (χ1n) is 5.42. The van der Waals surface area contributed by atoms with Crippen LogP contribution in [0.25, 0.3) is 4.96 Å². The van der Waals surface area contributed by atoms with Crippen LogP contribution in [0.5, 0.6) is 0 Å². The van der Waals surface area contributed by atoms with Gasteiger partial charge in [0.1, 0.15) is 0 Å². The molecule has 0 saturated heterocycles. The van der Waals surface area contributed by atoms with Crippen LogP contribution < -0.4 is 5.32 Å². The molecule has 3 nitrogen and oxygen atoms in total. The molecule has 2 heterocycles. The second-order valence-corrected chi connectivity index (χ2v) is 5.65. The van der Waals surface area contributed by atoms with Gasteiger partial charge in [-0.25, -0.2) is 4.98 Å². The third kappa shape index (κ3) is 2.75. The summed E-state index contributed by atoms with van der Waals surface area (Å²) in [6.07, 6.45) is 4.08. The molecule has 0 spiro atoms. The van der Waals surface area contributed by atoms with Crippen molar-refractivity contribution in [2.45, 2.75) is 25.8 Å². The van der Waals surface area contributed by atoms with E-state index in [1.807, 2.05) is 16.0 Å². The lowest BCUT2D eigenvalue weighted by molar-refractivity contribution is 0.543. The van der Waals surface area contributed by atoms with Gasteiger partial charge < -0.3 is 5.32 Å². The topological polar surface area (TPSA) is 29.3 Å². The molecule has 2 aromatic rings. The molecule has 0 aliphatic heterocycles. The maximum Gasteiger partial charge on any atom is 0.193 e. The number of fused-ring (bicyclic) bond motifs is 1. The molecule has 88 valence electrons. The van der Waals surface area contributed by atoms with Crippen LogP contribution in [0.4, 0.5) is 0 Å². The number of halogens is 1. The molecule has 1 atom stereocenters. The van der Waals surface area contributed by atoms with Gasteiger partial charge in [0, 0.05) is 36.2 Å². The molecule has 0 aromatic carbocycles. The molecule has 0 amide bonds. The summed E-state index contributed by atoms with van der Waals surface area (Å²) >= 11 is 7.80. The Morgan fingerprint density at radius 2 is 2.38 bits per heavy atom. The standard InChI is InChI=1S/C11H16ClN3S/c1-8(2)10(12)6-13-5-9-7-15-3-4-16-11(15)14-9/h3-4,7-8,10,13H,5-6H2,1-2H3. The SMILES string of the molecule is CC(C)C(Cl)CNCc1cn2ccsc2n1. The van der Waals surface area contributed by atoms with Gasteiger partial charge in [-0.1, -0.05) is 13.8 Å². The second kappa shape index (κ2) is 5.17. The Morgan fingerprint density at radius 1 is 1.56 bits per heavy atom. The Kier molecular flexibility index (Phi) is 3.84. The Labute approximate surface area is 104 Å². The minimum atomic E-state index is 0.184. The lowest BCUT2D eigenvalue weighted by Crippen LogP contribution is -2.26. The number of nitrogens with zero attached hydrogens (tertiary/aromatic N) is 2. The molecule has 0 fully saturated rings. The summed E-state index contributed by atoms with van der Waals surface area (Å²) < 4.78 is 2.04. The third-order valence-electron chi connectivity index (χ3n) is 2.51. The number of alkyl halides is 1. The Hall–Kier alpha value is -0.580. The van der Waals surface area contributed by atoms with Gasteiger partial charge in [-0.2, -0.15) is 0 Å². The molecule has 5 heteroatoms. The fourth-order valence-corrected chi connectivity index (χ4v) is 2.26. The lowest BCUT2D eigenvalue weighted by Gasteiger charge is -2.13. The van der Waals surface area contributed by atoms with Crippen molar-refractivity contribution in [1.29, 1.82) is 0 Å². The van der Waals surface area contributed by atoms with Crippen LogP contribution in [0, 0.1) is 5.92 Å². The number of hydrogen-bond acceptors (Lipinski definition) is 3. The first-order valence-corrected chi connectivity index (χ1v) is 6.74. The average Bonchev–Trinajstić information content (AvgIpc) is 2.77. The zero-order chi connectivity index (χ0) is 11.5. The summed E-state index contributed by atoms with van der Waals surface area (Å²) in [5.41, 5.74) is 1.07. The van der Waals surface area contributed by atoms with Crippen LogP contribution in [-0.4, -0.2) is 21.3 Å². The highest BCUT2D eigenvalue weighted by Gasteiger charge is 2.09.